The van der Waals surface area contributed by atoms with Gasteiger partial charge in [0.25, 0.3) is 0 Å². The van der Waals surface area contributed by atoms with Gasteiger partial charge in [-0.2, -0.15) is 0 Å². The summed E-state index contributed by atoms with van der Waals surface area (Å²) in [5.41, 5.74) is 0.434. The molecule has 6 heteroatoms. The lowest BCUT2D eigenvalue weighted by molar-refractivity contribution is 0.0661. The number of hydrogen-bond acceptors (Lipinski definition) is 3. The maximum atomic E-state index is 13.6. The van der Waals surface area contributed by atoms with Gasteiger partial charge in [0, 0.05) is 4.47 Å². The van der Waals surface area contributed by atoms with E-state index in [4.69, 9.17) is 9.52 Å². The minimum Gasteiger partial charge on any atom is -0.475 e. The van der Waals surface area contributed by atoms with Crippen molar-refractivity contribution < 1.29 is 18.7 Å². The van der Waals surface area contributed by atoms with Gasteiger partial charge in [-0.15, -0.1) is 0 Å². The molecule has 18 heavy (non-hydrogen) atoms. The first kappa shape index (κ1) is 12.8. The lowest BCUT2D eigenvalue weighted by Gasteiger charge is -1.98. The van der Waals surface area contributed by atoms with Gasteiger partial charge in [0.15, 0.2) is 0 Å². The Balaban J connectivity index is 2.57. The summed E-state index contributed by atoms with van der Waals surface area (Å²) in [6.07, 6.45) is 0.404. The van der Waals surface area contributed by atoms with Crippen LogP contribution in [0.2, 0.25) is 0 Å². The number of rotatable bonds is 3. The molecule has 1 aromatic carbocycles. The molecular formula is C12H9BrFNO3. The molecule has 94 valence electrons. The number of carbonyl (C=O) groups is 1. The summed E-state index contributed by atoms with van der Waals surface area (Å²) in [5.74, 6) is -1.99. The molecule has 0 bridgehead atoms. The van der Waals surface area contributed by atoms with Crippen molar-refractivity contribution >= 4 is 21.9 Å². The van der Waals surface area contributed by atoms with Crippen molar-refractivity contribution in [1.82, 2.24) is 4.98 Å². The Hall–Kier alpha value is -1.69. The zero-order chi connectivity index (χ0) is 13.3. The molecular weight excluding hydrogens is 305 g/mol. The standard InChI is InChI=1S/C12H9BrFNO3/c1-2-9-10(12(16)17)18-11(15-9)7-5-6(13)3-4-8(7)14/h3-5H,2H2,1H3,(H,16,17). The SMILES string of the molecule is CCc1nc(-c2cc(Br)ccc2F)oc1C(=O)O. The third-order valence-corrected chi connectivity index (χ3v) is 2.88. The van der Waals surface area contributed by atoms with Crippen LogP contribution in [-0.4, -0.2) is 16.1 Å². The third kappa shape index (κ3) is 2.28. The second kappa shape index (κ2) is 4.89. The molecule has 0 aliphatic rings. The molecule has 0 atom stereocenters. The normalized spacial score (nSPS) is 10.6. The first-order chi connectivity index (χ1) is 8.52. The van der Waals surface area contributed by atoms with E-state index in [0.717, 1.165) is 0 Å². The second-order valence-corrected chi connectivity index (χ2v) is 4.49. The van der Waals surface area contributed by atoms with Crippen LogP contribution in [-0.2, 0) is 6.42 Å². The monoisotopic (exact) mass is 313 g/mol. The van der Waals surface area contributed by atoms with Crippen LogP contribution in [0.5, 0.6) is 0 Å². The summed E-state index contributed by atoms with van der Waals surface area (Å²) >= 11 is 3.21. The third-order valence-electron chi connectivity index (χ3n) is 2.39. The molecule has 1 aromatic heterocycles. The number of aromatic carboxylic acids is 1. The number of oxazole rings is 1. The highest BCUT2D eigenvalue weighted by Gasteiger charge is 2.20. The van der Waals surface area contributed by atoms with Crippen LogP contribution in [0, 0.1) is 5.82 Å². The molecule has 0 radical (unpaired) electrons. The Kier molecular flexibility index (Phi) is 3.47. The van der Waals surface area contributed by atoms with Crippen LogP contribution in [0.15, 0.2) is 27.1 Å². The predicted octanol–water partition coefficient (Wildman–Crippen LogP) is 3.50. The van der Waals surface area contributed by atoms with E-state index in [0.29, 0.717) is 16.6 Å². The quantitative estimate of drug-likeness (QED) is 0.942. The summed E-state index contributed by atoms with van der Waals surface area (Å²) in [6.45, 7) is 1.76. The van der Waals surface area contributed by atoms with Crippen molar-refractivity contribution in [1.29, 1.82) is 0 Å². The first-order valence-electron chi connectivity index (χ1n) is 5.21. The van der Waals surface area contributed by atoms with E-state index in [1.165, 1.54) is 12.1 Å². The summed E-state index contributed by atoms with van der Waals surface area (Å²) in [6, 6.07) is 4.29. The van der Waals surface area contributed by atoms with Crippen molar-refractivity contribution in [3.8, 4) is 11.5 Å². The van der Waals surface area contributed by atoms with Crippen LogP contribution < -0.4 is 0 Å². The molecule has 1 heterocycles. The first-order valence-corrected chi connectivity index (χ1v) is 6.00. The lowest BCUT2D eigenvalue weighted by atomic mass is 10.2. The molecule has 0 fully saturated rings. The minimum atomic E-state index is -1.21. The fourth-order valence-corrected chi connectivity index (χ4v) is 1.90. The Morgan fingerprint density at radius 1 is 1.56 bits per heavy atom. The van der Waals surface area contributed by atoms with Crippen molar-refractivity contribution in [2.24, 2.45) is 0 Å². The van der Waals surface area contributed by atoms with Gasteiger partial charge in [-0.3, -0.25) is 0 Å². The van der Waals surface area contributed by atoms with E-state index < -0.39 is 11.8 Å². The highest BCUT2D eigenvalue weighted by molar-refractivity contribution is 9.10. The highest BCUT2D eigenvalue weighted by atomic mass is 79.9. The number of nitrogens with zero attached hydrogens (tertiary/aromatic N) is 1. The topological polar surface area (TPSA) is 63.3 Å². The number of halogens is 2. The van der Waals surface area contributed by atoms with Crippen LogP contribution in [0.4, 0.5) is 4.39 Å². The van der Waals surface area contributed by atoms with E-state index in [1.807, 2.05) is 0 Å². The molecule has 0 saturated carbocycles. The number of benzene rings is 1. The van der Waals surface area contributed by atoms with Crippen LogP contribution in [0.3, 0.4) is 0 Å². The van der Waals surface area contributed by atoms with Gasteiger partial charge in [0.1, 0.15) is 5.82 Å². The molecule has 0 amide bonds. The van der Waals surface area contributed by atoms with Crippen LogP contribution >= 0.6 is 15.9 Å². The highest BCUT2D eigenvalue weighted by Crippen LogP contribution is 2.27. The molecule has 4 nitrogen and oxygen atoms in total. The van der Waals surface area contributed by atoms with Gasteiger partial charge in [0.05, 0.1) is 11.3 Å². The van der Waals surface area contributed by atoms with Crippen molar-refractivity contribution in [2.75, 3.05) is 0 Å². The molecule has 0 spiro atoms. The van der Waals surface area contributed by atoms with Gasteiger partial charge < -0.3 is 9.52 Å². The van der Waals surface area contributed by atoms with Crippen molar-refractivity contribution in [3.63, 3.8) is 0 Å². The molecule has 0 aliphatic heterocycles. The molecule has 0 aliphatic carbocycles. The van der Waals surface area contributed by atoms with E-state index in [9.17, 15) is 9.18 Å². The van der Waals surface area contributed by atoms with E-state index in [-0.39, 0.29) is 17.2 Å². The zero-order valence-electron chi connectivity index (χ0n) is 9.41. The Labute approximate surface area is 111 Å². The zero-order valence-corrected chi connectivity index (χ0v) is 11.0. The number of carboxylic acids is 1. The number of carboxylic acid groups (broad SMARTS) is 1. The predicted molar refractivity (Wildman–Crippen MR) is 65.9 cm³/mol. The maximum Gasteiger partial charge on any atom is 0.373 e. The van der Waals surface area contributed by atoms with E-state index >= 15 is 0 Å². The van der Waals surface area contributed by atoms with Crippen molar-refractivity contribution in [2.45, 2.75) is 13.3 Å². The summed E-state index contributed by atoms with van der Waals surface area (Å²) in [7, 11) is 0. The molecule has 0 saturated heterocycles. The van der Waals surface area contributed by atoms with Gasteiger partial charge in [-0.1, -0.05) is 22.9 Å². The second-order valence-electron chi connectivity index (χ2n) is 3.58. The van der Waals surface area contributed by atoms with Gasteiger partial charge >= 0.3 is 5.97 Å². The fourth-order valence-electron chi connectivity index (χ4n) is 1.54. The summed E-state index contributed by atoms with van der Waals surface area (Å²) in [4.78, 5) is 15.0. The molecule has 2 rings (SSSR count). The average Bonchev–Trinajstić information content (AvgIpc) is 2.76. The molecule has 0 unspecified atom stereocenters. The van der Waals surface area contributed by atoms with Crippen LogP contribution in [0.1, 0.15) is 23.2 Å². The molecule has 1 N–H and O–H groups in total. The summed E-state index contributed by atoms with van der Waals surface area (Å²) in [5, 5.41) is 8.94. The Bertz CT molecular complexity index is 609. The van der Waals surface area contributed by atoms with Crippen LogP contribution in [0.25, 0.3) is 11.5 Å². The number of aromatic nitrogens is 1. The lowest BCUT2D eigenvalue weighted by Crippen LogP contribution is -1.98. The fraction of sp³-hybridized carbons (Fsp3) is 0.167. The Morgan fingerprint density at radius 2 is 2.28 bits per heavy atom. The van der Waals surface area contributed by atoms with Gasteiger partial charge in [-0.25, -0.2) is 14.2 Å². The summed E-state index contributed by atoms with van der Waals surface area (Å²) < 4.78 is 19.4. The van der Waals surface area contributed by atoms with E-state index in [1.54, 1.807) is 13.0 Å². The van der Waals surface area contributed by atoms with Gasteiger partial charge in [-0.05, 0) is 24.6 Å². The number of aryl methyl sites for hydroxylation is 1. The smallest absolute Gasteiger partial charge is 0.373 e. The van der Waals surface area contributed by atoms with E-state index in [2.05, 4.69) is 20.9 Å². The Morgan fingerprint density at radius 3 is 2.83 bits per heavy atom. The average molecular weight is 314 g/mol. The minimum absolute atomic E-state index is 0.0250. The largest absolute Gasteiger partial charge is 0.475 e. The van der Waals surface area contributed by atoms with Gasteiger partial charge in [0.2, 0.25) is 11.7 Å². The van der Waals surface area contributed by atoms with Crippen molar-refractivity contribution in [3.05, 3.63) is 39.9 Å². The maximum absolute atomic E-state index is 13.6. The number of hydrogen-bond donors (Lipinski definition) is 1. The molecule has 2 aromatic rings.